The SMILES string of the molecule is CC(O)(CCCCBr)S(=O)(=O)[O-].[Na+]. The molecule has 0 amide bonds. The molecule has 0 fully saturated rings. The van der Waals surface area contributed by atoms with Gasteiger partial charge in [-0.3, -0.25) is 0 Å². The first-order valence-electron chi connectivity index (χ1n) is 3.55. The third kappa shape index (κ3) is 6.43. The Balaban J connectivity index is 0. The van der Waals surface area contributed by atoms with Crippen molar-refractivity contribution in [2.24, 2.45) is 0 Å². The summed E-state index contributed by atoms with van der Waals surface area (Å²) in [5.41, 5.74) is 0. The Kier molecular flexibility index (Phi) is 8.72. The Morgan fingerprint density at radius 2 is 1.92 bits per heavy atom. The maximum absolute atomic E-state index is 10.4. The molecule has 13 heavy (non-hydrogen) atoms. The van der Waals surface area contributed by atoms with Gasteiger partial charge in [-0.25, -0.2) is 8.42 Å². The van der Waals surface area contributed by atoms with E-state index in [0.29, 0.717) is 6.42 Å². The number of unbranched alkanes of at least 4 members (excludes halogenated alkanes) is 1. The summed E-state index contributed by atoms with van der Waals surface area (Å²) in [5, 5.41) is 9.90. The summed E-state index contributed by atoms with van der Waals surface area (Å²) in [4.78, 5) is -2.12. The third-order valence-electron chi connectivity index (χ3n) is 1.56. The predicted octanol–water partition coefficient (Wildman–Crippen LogP) is -2.19. The first-order chi connectivity index (χ1) is 5.31. The zero-order valence-corrected chi connectivity index (χ0v) is 12.2. The molecule has 0 saturated carbocycles. The minimum absolute atomic E-state index is 0. The van der Waals surface area contributed by atoms with Gasteiger partial charge < -0.3 is 9.66 Å². The third-order valence-corrected chi connectivity index (χ3v) is 3.40. The minimum atomic E-state index is -4.59. The zero-order valence-electron chi connectivity index (χ0n) is 7.79. The van der Waals surface area contributed by atoms with Crippen molar-refractivity contribution in [2.75, 3.05) is 5.33 Å². The van der Waals surface area contributed by atoms with Gasteiger partial charge in [-0.2, -0.15) is 0 Å². The minimum Gasteiger partial charge on any atom is -0.746 e. The molecule has 0 bridgehead atoms. The first-order valence-corrected chi connectivity index (χ1v) is 6.08. The van der Waals surface area contributed by atoms with E-state index in [2.05, 4.69) is 15.9 Å². The van der Waals surface area contributed by atoms with E-state index in [9.17, 15) is 13.0 Å². The second-order valence-electron chi connectivity index (χ2n) is 2.78. The molecule has 1 unspecified atom stereocenters. The van der Waals surface area contributed by atoms with Crippen LogP contribution < -0.4 is 29.6 Å². The number of hydrogen-bond acceptors (Lipinski definition) is 4. The van der Waals surface area contributed by atoms with Gasteiger partial charge in [-0.05, 0) is 26.2 Å². The second kappa shape index (κ2) is 6.76. The summed E-state index contributed by atoms with van der Waals surface area (Å²) >= 11 is 3.16. The number of alkyl halides is 1. The topological polar surface area (TPSA) is 77.4 Å². The molecule has 74 valence electrons. The van der Waals surface area contributed by atoms with Crippen molar-refractivity contribution < 1.29 is 47.6 Å². The average Bonchev–Trinajstić information content (AvgIpc) is 1.85. The fraction of sp³-hybridized carbons (Fsp3) is 1.00. The molecule has 7 heteroatoms. The smallest absolute Gasteiger partial charge is 0.746 e. The van der Waals surface area contributed by atoms with Gasteiger partial charge in [-0.15, -0.1) is 0 Å². The van der Waals surface area contributed by atoms with Crippen molar-refractivity contribution >= 4 is 26.0 Å². The zero-order chi connectivity index (χ0) is 9.83. The van der Waals surface area contributed by atoms with Gasteiger partial charge in [0.25, 0.3) is 0 Å². The van der Waals surface area contributed by atoms with Gasteiger partial charge >= 0.3 is 29.6 Å². The molecular weight excluding hydrogens is 271 g/mol. The van der Waals surface area contributed by atoms with Gasteiger partial charge in [0, 0.05) is 5.33 Å². The van der Waals surface area contributed by atoms with Crippen molar-refractivity contribution in [1.82, 2.24) is 0 Å². The molecule has 0 aromatic rings. The van der Waals surface area contributed by atoms with Crippen LogP contribution in [0.15, 0.2) is 0 Å². The van der Waals surface area contributed by atoms with Crippen molar-refractivity contribution in [3.63, 3.8) is 0 Å². The van der Waals surface area contributed by atoms with Crippen molar-refractivity contribution in [3.05, 3.63) is 0 Å². The van der Waals surface area contributed by atoms with Gasteiger partial charge in [0.05, 0.1) is 0 Å². The summed E-state index contributed by atoms with van der Waals surface area (Å²) in [6.07, 6.45) is 1.25. The van der Waals surface area contributed by atoms with Crippen LogP contribution in [0.3, 0.4) is 0 Å². The van der Waals surface area contributed by atoms with E-state index < -0.39 is 15.1 Å². The molecular formula is C6H12BrNaO4S. The number of rotatable bonds is 5. The molecule has 4 nitrogen and oxygen atoms in total. The van der Waals surface area contributed by atoms with Crippen LogP contribution in [0.4, 0.5) is 0 Å². The molecule has 0 aromatic heterocycles. The van der Waals surface area contributed by atoms with Crippen LogP contribution >= 0.6 is 15.9 Å². The predicted molar refractivity (Wildman–Crippen MR) is 48.0 cm³/mol. The van der Waals surface area contributed by atoms with Crippen LogP contribution in [0.5, 0.6) is 0 Å². The van der Waals surface area contributed by atoms with Gasteiger partial charge in [0.15, 0.2) is 4.93 Å². The van der Waals surface area contributed by atoms with Crippen LogP contribution in [0, 0.1) is 0 Å². The van der Waals surface area contributed by atoms with Crippen LogP contribution in [0.1, 0.15) is 26.2 Å². The molecule has 0 saturated heterocycles. The summed E-state index contributed by atoms with van der Waals surface area (Å²) in [6.45, 7) is 1.03. The normalized spacial score (nSPS) is 16.0. The number of hydrogen-bond donors (Lipinski definition) is 1. The molecule has 0 rings (SSSR count). The van der Waals surface area contributed by atoms with Gasteiger partial charge in [-0.1, -0.05) is 15.9 Å². The standard InChI is InChI=1S/C6H13BrO4S.Na/c1-6(8,12(9,10)11)4-2-3-5-7;/h8H,2-5H2,1H3,(H,9,10,11);/q;+1/p-1. The van der Waals surface area contributed by atoms with E-state index in [1.54, 1.807) is 0 Å². The van der Waals surface area contributed by atoms with E-state index in [0.717, 1.165) is 18.7 Å². The van der Waals surface area contributed by atoms with E-state index in [4.69, 9.17) is 5.11 Å². The Bertz CT molecular complexity index is 227. The fourth-order valence-electron chi connectivity index (χ4n) is 0.672. The monoisotopic (exact) mass is 282 g/mol. The molecule has 0 heterocycles. The Labute approximate surface area is 109 Å². The molecule has 0 radical (unpaired) electrons. The quantitative estimate of drug-likeness (QED) is 0.269. The first kappa shape index (κ1) is 16.8. The summed E-state index contributed by atoms with van der Waals surface area (Å²) in [7, 11) is -4.59. The summed E-state index contributed by atoms with van der Waals surface area (Å²) in [5.74, 6) is 0. The summed E-state index contributed by atoms with van der Waals surface area (Å²) < 4.78 is 31.3. The molecule has 0 aliphatic carbocycles. The Morgan fingerprint density at radius 3 is 2.23 bits per heavy atom. The van der Waals surface area contributed by atoms with Crippen LogP contribution in [-0.4, -0.2) is 28.3 Å². The Morgan fingerprint density at radius 1 is 1.46 bits per heavy atom. The molecule has 1 N–H and O–H groups in total. The summed E-state index contributed by atoms with van der Waals surface area (Å²) in [6, 6.07) is 0. The maximum atomic E-state index is 10.4. The molecule has 0 aromatic carbocycles. The van der Waals surface area contributed by atoms with E-state index in [-0.39, 0.29) is 36.0 Å². The molecule has 0 spiro atoms. The number of aliphatic hydroxyl groups is 1. The van der Waals surface area contributed by atoms with Crippen molar-refractivity contribution in [1.29, 1.82) is 0 Å². The van der Waals surface area contributed by atoms with Gasteiger partial charge in [0.2, 0.25) is 0 Å². The second-order valence-corrected chi connectivity index (χ2v) is 5.36. The Hall–Kier alpha value is 1.35. The van der Waals surface area contributed by atoms with Crippen LogP contribution in [0.2, 0.25) is 0 Å². The van der Waals surface area contributed by atoms with Crippen LogP contribution in [0.25, 0.3) is 0 Å². The van der Waals surface area contributed by atoms with Crippen LogP contribution in [-0.2, 0) is 10.1 Å². The maximum Gasteiger partial charge on any atom is 1.00 e. The average molecular weight is 283 g/mol. The molecule has 0 aliphatic heterocycles. The fourth-order valence-corrected chi connectivity index (χ4v) is 1.46. The largest absolute Gasteiger partial charge is 1.00 e. The van der Waals surface area contributed by atoms with Crippen molar-refractivity contribution in [2.45, 2.75) is 31.1 Å². The number of halogens is 1. The van der Waals surface area contributed by atoms with E-state index in [1.807, 2.05) is 0 Å². The van der Waals surface area contributed by atoms with E-state index in [1.165, 1.54) is 0 Å². The molecule has 1 atom stereocenters. The van der Waals surface area contributed by atoms with Crippen molar-refractivity contribution in [3.8, 4) is 0 Å². The van der Waals surface area contributed by atoms with Gasteiger partial charge in [0.1, 0.15) is 10.1 Å². The van der Waals surface area contributed by atoms with E-state index >= 15 is 0 Å². The molecule has 0 aliphatic rings.